The third-order valence-corrected chi connectivity index (χ3v) is 8.80. The Bertz CT molecular complexity index is 311. The lowest BCUT2D eigenvalue weighted by Crippen LogP contribution is -2.50. The number of hydrogen-bond acceptors (Lipinski definition) is 4. The summed E-state index contributed by atoms with van der Waals surface area (Å²) in [5, 5.41) is 0.170. The first-order valence-electron chi connectivity index (χ1n) is 7.56. The topological polar surface area (TPSA) is 44.8 Å². The summed E-state index contributed by atoms with van der Waals surface area (Å²) >= 11 is 0. The molecule has 0 unspecified atom stereocenters. The molecule has 20 heavy (non-hydrogen) atoms. The van der Waals surface area contributed by atoms with Crippen molar-refractivity contribution in [3.63, 3.8) is 0 Å². The van der Waals surface area contributed by atoms with Gasteiger partial charge >= 0.3 is 0 Å². The SMILES string of the molecule is C[C@H]1CC[C@H](O[Si](C)(C)C(C)(C)C)[C@@H](OCCC=O)O1. The van der Waals surface area contributed by atoms with Gasteiger partial charge in [0, 0.05) is 6.42 Å². The third-order valence-electron chi connectivity index (χ3n) is 4.30. The van der Waals surface area contributed by atoms with Gasteiger partial charge in [0.2, 0.25) is 0 Å². The highest BCUT2D eigenvalue weighted by atomic mass is 28.4. The van der Waals surface area contributed by atoms with E-state index in [0.717, 1.165) is 19.1 Å². The van der Waals surface area contributed by atoms with E-state index >= 15 is 0 Å². The average Bonchev–Trinajstić information content (AvgIpc) is 2.31. The van der Waals surface area contributed by atoms with E-state index < -0.39 is 8.32 Å². The summed E-state index contributed by atoms with van der Waals surface area (Å²) in [6.07, 6.45) is 3.06. The van der Waals surface area contributed by atoms with Crippen molar-refractivity contribution in [1.29, 1.82) is 0 Å². The van der Waals surface area contributed by atoms with Crippen LogP contribution in [0, 0.1) is 0 Å². The summed E-state index contributed by atoms with van der Waals surface area (Å²) in [6.45, 7) is 13.6. The molecule has 0 saturated carbocycles. The molecule has 1 aliphatic heterocycles. The summed E-state index contributed by atoms with van der Waals surface area (Å²) < 4.78 is 18.0. The molecule has 0 aromatic heterocycles. The highest BCUT2D eigenvalue weighted by Gasteiger charge is 2.42. The van der Waals surface area contributed by atoms with Gasteiger partial charge in [-0.1, -0.05) is 20.8 Å². The lowest BCUT2D eigenvalue weighted by atomic mass is 10.1. The summed E-state index contributed by atoms with van der Waals surface area (Å²) in [5.41, 5.74) is 0. The Kier molecular flexibility index (Phi) is 6.38. The highest BCUT2D eigenvalue weighted by Crippen LogP contribution is 2.39. The quantitative estimate of drug-likeness (QED) is 0.428. The molecule has 1 heterocycles. The minimum atomic E-state index is -1.83. The third kappa shape index (κ3) is 4.95. The molecule has 118 valence electrons. The Labute approximate surface area is 124 Å². The fourth-order valence-corrected chi connectivity index (χ4v) is 3.31. The molecule has 5 heteroatoms. The molecule has 1 rings (SSSR count). The molecule has 1 saturated heterocycles. The van der Waals surface area contributed by atoms with Crippen LogP contribution in [-0.4, -0.2) is 39.7 Å². The van der Waals surface area contributed by atoms with Crippen molar-refractivity contribution < 1.29 is 18.7 Å². The first-order valence-corrected chi connectivity index (χ1v) is 10.5. The van der Waals surface area contributed by atoms with E-state index in [9.17, 15) is 4.79 Å². The van der Waals surface area contributed by atoms with Crippen LogP contribution >= 0.6 is 0 Å². The van der Waals surface area contributed by atoms with Crippen molar-refractivity contribution in [3.05, 3.63) is 0 Å². The molecular formula is C15H30O4Si. The van der Waals surface area contributed by atoms with Crippen LogP contribution in [0.2, 0.25) is 18.1 Å². The van der Waals surface area contributed by atoms with E-state index in [1.54, 1.807) is 0 Å². The lowest BCUT2D eigenvalue weighted by molar-refractivity contribution is -0.232. The number of carbonyl (C=O) groups excluding carboxylic acids is 1. The summed E-state index contributed by atoms with van der Waals surface area (Å²) in [4.78, 5) is 10.4. The molecule has 4 nitrogen and oxygen atoms in total. The Morgan fingerprint density at radius 2 is 1.95 bits per heavy atom. The van der Waals surface area contributed by atoms with Crippen LogP contribution in [0.5, 0.6) is 0 Å². The lowest BCUT2D eigenvalue weighted by Gasteiger charge is -2.43. The van der Waals surface area contributed by atoms with E-state index in [1.807, 2.05) is 0 Å². The minimum absolute atomic E-state index is 0.0151. The molecule has 3 atom stereocenters. The zero-order valence-corrected chi connectivity index (χ0v) is 14.8. The van der Waals surface area contributed by atoms with E-state index in [-0.39, 0.29) is 23.5 Å². The molecule has 1 fully saturated rings. The number of carbonyl (C=O) groups is 1. The number of ether oxygens (including phenoxy) is 2. The smallest absolute Gasteiger partial charge is 0.192 e. The Morgan fingerprint density at radius 1 is 1.30 bits per heavy atom. The Balaban J connectivity index is 2.66. The first kappa shape index (κ1) is 17.8. The average molecular weight is 302 g/mol. The second kappa shape index (κ2) is 7.16. The van der Waals surface area contributed by atoms with E-state index in [0.29, 0.717) is 13.0 Å². The summed E-state index contributed by atoms with van der Waals surface area (Å²) in [6, 6.07) is 0. The fraction of sp³-hybridized carbons (Fsp3) is 0.933. The Hall–Kier alpha value is -0.233. The van der Waals surface area contributed by atoms with Gasteiger partial charge in [0.25, 0.3) is 0 Å². The number of aldehydes is 1. The number of rotatable bonds is 6. The van der Waals surface area contributed by atoms with Gasteiger partial charge in [-0.05, 0) is 37.9 Å². The predicted octanol–water partition coefficient (Wildman–Crippen LogP) is 3.51. The van der Waals surface area contributed by atoms with Crippen LogP contribution in [0.3, 0.4) is 0 Å². The summed E-state index contributed by atoms with van der Waals surface area (Å²) in [7, 11) is -1.83. The molecule has 0 aliphatic carbocycles. The fourth-order valence-electron chi connectivity index (χ4n) is 1.97. The standard InChI is InChI=1S/C15H30O4Si/c1-12-8-9-13(14(18-12)17-11-7-10-16)19-20(5,6)15(2,3)4/h10,12-14H,7-9,11H2,1-6H3/t12-,13-,14-/m0/s1. The van der Waals surface area contributed by atoms with Crippen molar-refractivity contribution >= 4 is 14.6 Å². The molecule has 0 aromatic carbocycles. The monoisotopic (exact) mass is 302 g/mol. The maximum absolute atomic E-state index is 10.4. The maximum atomic E-state index is 10.4. The highest BCUT2D eigenvalue weighted by molar-refractivity contribution is 6.74. The molecule has 1 aliphatic rings. The van der Waals surface area contributed by atoms with Crippen LogP contribution in [0.25, 0.3) is 0 Å². The van der Waals surface area contributed by atoms with Crippen LogP contribution in [0.15, 0.2) is 0 Å². The van der Waals surface area contributed by atoms with Crippen LogP contribution in [-0.2, 0) is 18.7 Å². The Morgan fingerprint density at radius 3 is 2.50 bits per heavy atom. The van der Waals surface area contributed by atoms with Gasteiger partial charge in [0.15, 0.2) is 14.6 Å². The molecule has 0 spiro atoms. The number of hydrogen-bond donors (Lipinski definition) is 0. The molecule has 0 amide bonds. The second-order valence-corrected chi connectivity index (χ2v) is 11.9. The van der Waals surface area contributed by atoms with Crippen molar-refractivity contribution in [2.75, 3.05) is 6.61 Å². The van der Waals surface area contributed by atoms with Crippen molar-refractivity contribution in [2.24, 2.45) is 0 Å². The summed E-state index contributed by atoms with van der Waals surface area (Å²) in [5.74, 6) is 0. The molecule has 0 aromatic rings. The molecule has 0 bridgehead atoms. The van der Waals surface area contributed by atoms with E-state index in [1.165, 1.54) is 0 Å². The zero-order chi connectivity index (χ0) is 15.4. The van der Waals surface area contributed by atoms with Crippen LogP contribution < -0.4 is 0 Å². The normalized spacial score (nSPS) is 28.4. The van der Waals surface area contributed by atoms with Gasteiger partial charge in [-0.2, -0.15) is 0 Å². The van der Waals surface area contributed by atoms with Crippen molar-refractivity contribution in [3.8, 4) is 0 Å². The zero-order valence-electron chi connectivity index (χ0n) is 13.8. The van der Waals surface area contributed by atoms with Gasteiger partial charge in [-0.15, -0.1) is 0 Å². The van der Waals surface area contributed by atoms with Gasteiger partial charge in [0.1, 0.15) is 6.29 Å². The molecule has 0 N–H and O–H groups in total. The van der Waals surface area contributed by atoms with Gasteiger partial charge in [-0.3, -0.25) is 0 Å². The van der Waals surface area contributed by atoms with Gasteiger partial charge in [0.05, 0.1) is 18.8 Å². The predicted molar refractivity (Wildman–Crippen MR) is 82.3 cm³/mol. The first-order chi connectivity index (χ1) is 9.17. The maximum Gasteiger partial charge on any atom is 0.192 e. The van der Waals surface area contributed by atoms with E-state index in [4.69, 9.17) is 13.9 Å². The van der Waals surface area contributed by atoms with Crippen LogP contribution in [0.1, 0.15) is 47.0 Å². The van der Waals surface area contributed by atoms with Crippen molar-refractivity contribution in [1.82, 2.24) is 0 Å². The largest absolute Gasteiger partial charge is 0.409 e. The molecular weight excluding hydrogens is 272 g/mol. The molecule has 0 radical (unpaired) electrons. The minimum Gasteiger partial charge on any atom is -0.409 e. The van der Waals surface area contributed by atoms with Gasteiger partial charge < -0.3 is 18.7 Å². The van der Waals surface area contributed by atoms with Crippen LogP contribution in [0.4, 0.5) is 0 Å². The van der Waals surface area contributed by atoms with E-state index in [2.05, 4.69) is 40.8 Å². The van der Waals surface area contributed by atoms with Gasteiger partial charge in [-0.25, -0.2) is 0 Å². The van der Waals surface area contributed by atoms with Crippen molar-refractivity contribution in [2.45, 2.75) is 83.6 Å². The second-order valence-electron chi connectivity index (χ2n) is 7.14.